The van der Waals surface area contributed by atoms with E-state index in [1.54, 1.807) is 0 Å². The highest BCUT2D eigenvalue weighted by molar-refractivity contribution is 5.70. The molecule has 0 N–H and O–H groups in total. The fraction of sp³-hybridized carbons (Fsp3) is 0.958. The average molecular weight is 750 g/mol. The maximum Gasteiger partial charge on any atom is 0.306 e. The lowest BCUT2D eigenvalue weighted by Crippen LogP contribution is -2.21. The standard InChI is InChI=1S/C48H95NO4/c1-7-11-25-33-44(34-26-12-8-2)41-47(50)52-39-31-23-19-15-17-21-29-37-46(43-49(5)6)38-30-22-18-16-20-24-32-40-53-48(51)42-45(35-27-13-9-3)36-28-14-10-4/h44-46H,7-43H2,1-6H3. The summed E-state index contributed by atoms with van der Waals surface area (Å²) in [6.45, 7) is 11.4. The molecule has 0 aliphatic carbocycles. The first-order valence-corrected chi connectivity index (χ1v) is 23.8. The predicted octanol–water partition coefficient (Wildman–Crippen LogP) is 14.8. The van der Waals surface area contributed by atoms with Crippen molar-refractivity contribution in [1.82, 2.24) is 4.90 Å². The second-order valence-corrected chi connectivity index (χ2v) is 17.2. The molecule has 0 unspecified atom stereocenters. The minimum absolute atomic E-state index is 0.0379. The fourth-order valence-electron chi connectivity index (χ4n) is 8.07. The van der Waals surface area contributed by atoms with Crippen LogP contribution in [-0.2, 0) is 19.1 Å². The molecule has 0 saturated carbocycles. The first kappa shape index (κ1) is 51.9. The Morgan fingerprint density at radius 3 is 0.943 bits per heavy atom. The second-order valence-electron chi connectivity index (χ2n) is 17.2. The minimum Gasteiger partial charge on any atom is -0.466 e. The fourth-order valence-corrected chi connectivity index (χ4v) is 8.07. The Balaban J connectivity index is 3.90. The van der Waals surface area contributed by atoms with Gasteiger partial charge in [-0.3, -0.25) is 9.59 Å². The van der Waals surface area contributed by atoms with Gasteiger partial charge in [-0.1, -0.05) is 182 Å². The summed E-state index contributed by atoms with van der Waals surface area (Å²) in [6.07, 6.45) is 41.4. The summed E-state index contributed by atoms with van der Waals surface area (Å²) in [5.41, 5.74) is 0. The molecule has 0 heterocycles. The third kappa shape index (κ3) is 37.6. The number of unbranched alkanes of at least 4 members (excludes halogenated alkanes) is 20. The smallest absolute Gasteiger partial charge is 0.306 e. The van der Waals surface area contributed by atoms with Gasteiger partial charge in [-0.2, -0.15) is 0 Å². The Kier molecular flexibility index (Phi) is 39.7. The van der Waals surface area contributed by atoms with E-state index in [0.717, 1.165) is 18.8 Å². The lowest BCUT2D eigenvalue weighted by Gasteiger charge is -2.21. The van der Waals surface area contributed by atoms with E-state index in [1.165, 1.54) is 199 Å². The van der Waals surface area contributed by atoms with Gasteiger partial charge in [0.25, 0.3) is 0 Å². The molecule has 0 fully saturated rings. The number of hydrogen-bond donors (Lipinski definition) is 0. The number of ether oxygens (including phenoxy) is 2. The maximum atomic E-state index is 12.5. The first-order chi connectivity index (χ1) is 25.9. The summed E-state index contributed by atoms with van der Waals surface area (Å²) in [6, 6.07) is 0. The third-order valence-corrected chi connectivity index (χ3v) is 11.4. The largest absolute Gasteiger partial charge is 0.466 e. The van der Waals surface area contributed by atoms with Crippen molar-refractivity contribution in [3.05, 3.63) is 0 Å². The quantitative estimate of drug-likeness (QED) is 0.0459. The van der Waals surface area contributed by atoms with Crippen LogP contribution in [0.15, 0.2) is 0 Å². The number of rotatable bonds is 42. The Morgan fingerprint density at radius 1 is 0.377 bits per heavy atom. The van der Waals surface area contributed by atoms with Crippen molar-refractivity contribution in [3.63, 3.8) is 0 Å². The van der Waals surface area contributed by atoms with Gasteiger partial charge < -0.3 is 14.4 Å². The van der Waals surface area contributed by atoms with E-state index in [0.29, 0.717) is 37.9 Å². The van der Waals surface area contributed by atoms with Gasteiger partial charge in [0.05, 0.1) is 13.2 Å². The molecule has 0 aliphatic heterocycles. The number of esters is 2. The van der Waals surface area contributed by atoms with Crippen molar-refractivity contribution >= 4 is 11.9 Å². The molecule has 0 atom stereocenters. The molecular weight excluding hydrogens is 655 g/mol. The summed E-state index contributed by atoms with van der Waals surface area (Å²) in [5, 5.41) is 0. The zero-order chi connectivity index (χ0) is 39.0. The molecule has 0 spiro atoms. The van der Waals surface area contributed by atoms with Crippen LogP contribution in [-0.4, -0.2) is 50.7 Å². The van der Waals surface area contributed by atoms with E-state index in [2.05, 4.69) is 46.7 Å². The zero-order valence-corrected chi connectivity index (χ0v) is 37.0. The molecule has 0 aromatic heterocycles. The molecule has 0 amide bonds. The van der Waals surface area contributed by atoms with Crippen LogP contribution in [0.25, 0.3) is 0 Å². The first-order valence-electron chi connectivity index (χ1n) is 23.8. The maximum absolute atomic E-state index is 12.5. The summed E-state index contributed by atoms with van der Waals surface area (Å²) >= 11 is 0. The number of hydrogen-bond acceptors (Lipinski definition) is 5. The molecule has 0 aromatic carbocycles. The van der Waals surface area contributed by atoms with Crippen LogP contribution >= 0.6 is 0 Å². The topological polar surface area (TPSA) is 55.8 Å². The predicted molar refractivity (Wildman–Crippen MR) is 231 cm³/mol. The van der Waals surface area contributed by atoms with Gasteiger partial charge in [0, 0.05) is 19.4 Å². The summed E-state index contributed by atoms with van der Waals surface area (Å²) in [4.78, 5) is 27.3. The average Bonchev–Trinajstić information content (AvgIpc) is 3.12. The van der Waals surface area contributed by atoms with Gasteiger partial charge in [-0.05, 0) is 83.2 Å². The van der Waals surface area contributed by atoms with E-state index >= 15 is 0 Å². The molecule has 53 heavy (non-hydrogen) atoms. The number of carbonyl (C=O) groups is 2. The lowest BCUT2D eigenvalue weighted by molar-refractivity contribution is -0.146. The van der Waals surface area contributed by atoms with Gasteiger partial charge in [0.2, 0.25) is 0 Å². The molecule has 5 nitrogen and oxygen atoms in total. The molecule has 5 heteroatoms. The Morgan fingerprint density at radius 2 is 0.642 bits per heavy atom. The monoisotopic (exact) mass is 750 g/mol. The minimum atomic E-state index is 0.0379. The van der Waals surface area contributed by atoms with E-state index in [1.807, 2.05) is 0 Å². The van der Waals surface area contributed by atoms with Gasteiger partial charge in [-0.25, -0.2) is 0 Å². The van der Waals surface area contributed by atoms with E-state index in [-0.39, 0.29) is 11.9 Å². The molecule has 0 aromatic rings. The van der Waals surface area contributed by atoms with Crippen molar-refractivity contribution < 1.29 is 19.1 Å². The number of nitrogens with zero attached hydrogens (tertiary/aromatic N) is 1. The van der Waals surface area contributed by atoms with Gasteiger partial charge >= 0.3 is 11.9 Å². The van der Waals surface area contributed by atoms with Gasteiger partial charge in [0.1, 0.15) is 0 Å². The highest BCUT2D eigenvalue weighted by Gasteiger charge is 2.16. The Bertz CT molecular complexity index is 693. The lowest BCUT2D eigenvalue weighted by atomic mass is 9.92. The summed E-state index contributed by atoms with van der Waals surface area (Å²) in [5.74, 6) is 1.94. The molecule has 0 rings (SSSR count). The zero-order valence-electron chi connectivity index (χ0n) is 37.0. The second kappa shape index (κ2) is 40.6. The summed E-state index contributed by atoms with van der Waals surface area (Å²) < 4.78 is 11.3. The van der Waals surface area contributed by atoms with E-state index in [4.69, 9.17) is 9.47 Å². The SMILES string of the molecule is CCCCCC(CCCCC)CC(=O)OCCCCCCCCCC(CCCCCCCCCOC(=O)CC(CCCCC)CCCCC)CN(C)C. The van der Waals surface area contributed by atoms with Gasteiger partial charge in [0.15, 0.2) is 0 Å². The van der Waals surface area contributed by atoms with Crippen LogP contribution < -0.4 is 0 Å². The van der Waals surface area contributed by atoms with Crippen molar-refractivity contribution in [2.45, 2.75) is 246 Å². The molecular formula is C48H95NO4. The summed E-state index contributed by atoms with van der Waals surface area (Å²) in [7, 11) is 4.45. The van der Waals surface area contributed by atoms with Crippen molar-refractivity contribution in [1.29, 1.82) is 0 Å². The van der Waals surface area contributed by atoms with Crippen molar-refractivity contribution in [3.8, 4) is 0 Å². The molecule has 0 bridgehead atoms. The van der Waals surface area contributed by atoms with Crippen LogP contribution in [0.4, 0.5) is 0 Å². The Hall–Kier alpha value is -1.10. The van der Waals surface area contributed by atoms with Crippen molar-refractivity contribution in [2.75, 3.05) is 33.9 Å². The van der Waals surface area contributed by atoms with Crippen molar-refractivity contribution in [2.24, 2.45) is 17.8 Å². The third-order valence-electron chi connectivity index (χ3n) is 11.4. The molecule has 0 saturated heterocycles. The normalized spacial score (nSPS) is 11.8. The molecule has 316 valence electrons. The van der Waals surface area contributed by atoms with Crippen LogP contribution in [0.3, 0.4) is 0 Å². The Labute approximate surface area is 332 Å². The van der Waals surface area contributed by atoms with E-state index < -0.39 is 0 Å². The van der Waals surface area contributed by atoms with Crippen LogP contribution in [0.2, 0.25) is 0 Å². The highest BCUT2D eigenvalue weighted by atomic mass is 16.5. The molecule has 0 radical (unpaired) electrons. The van der Waals surface area contributed by atoms with Gasteiger partial charge in [-0.15, -0.1) is 0 Å². The van der Waals surface area contributed by atoms with Crippen LogP contribution in [0.5, 0.6) is 0 Å². The molecule has 0 aliphatic rings. The highest BCUT2D eigenvalue weighted by Crippen LogP contribution is 2.24. The van der Waals surface area contributed by atoms with Crippen LogP contribution in [0.1, 0.15) is 246 Å². The van der Waals surface area contributed by atoms with Crippen LogP contribution in [0, 0.1) is 17.8 Å². The number of carbonyl (C=O) groups excluding carboxylic acids is 2. The van der Waals surface area contributed by atoms with E-state index in [9.17, 15) is 9.59 Å².